The van der Waals surface area contributed by atoms with Gasteiger partial charge < -0.3 is 15.6 Å². The van der Waals surface area contributed by atoms with Crippen LogP contribution in [0.25, 0.3) is 11.3 Å². The number of benzene rings is 1. The monoisotopic (exact) mass is 438 g/mol. The Kier molecular flexibility index (Phi) is 5.23. The minimum absolute atomic E-state index is 0.0246. The summed E-state index contributed by atoms with van der Waals surface area (Å²) in [6, 6.07) is 8.89. The molecule has 1 aromatic carbocycles. The molecule has 1 aliphatic heterocycles. The van der Waals surface area contributed by atoms with Crippen LogP contribution in [0.4, 0.5) is 20.3 Å². The van der Waals surface area contributed by atoms with Crippen LogP contribution < -0.4 is 10.6 Å². The summed E-state index contributed by atoms with van der Waals surface area (Å²) in [5.41, 5.74) is 4.21. The van der Waals surface area contributed by atoms with E-state index in [0.29, 0.717) is 12.0 Å². The number of rotatable bonds is 6. The number of hydrogen-bond acceptors (Lipinski definition) is 4. The van der Waals surface area contributed by atoms with Gasteiger partial charge in [-0.1, -0.05) is 23.4 Å². The summed E-state index contributed by atoms with van der Waals surface area (Å²) in [7, 11) is 0. The lowest BCUT2D eigenvalue weighted by Crippen LogP contribution is -2.26. The van der Waals surface area contributed by atoms with Gasteiger partial charge in [0.05, 0.1) is 11.4 Å². The van der Waals surface area contributed by atoms with E-state index in [1.165, 1.54) is 18.2 Å². The van der Waals surface area contributed by atoms with E-state index in [-0.39, 0.29) is 18.2 Å². The van der Waals surface area contributed by atoms with Crippen molar-refractivity contribution in [3.63, 3.8) is 0 Å². The summed E-state index contributed by atoms with van der Waals surface area (Å²) < 4.78 is 30.0. The van der Waals surface area contributed by atoms with E-state index in [4.69, 9.17) is 0 Å². The molecule has 2 aromatic heterocycles. The lowest BCUT2D eigenvalue weighted by atomic mass is 9.82. The van der Waals surface area contributed by atoms with Crippen LogP contribution in [0.5, 0.6) is 0 Å². The highest BCUT2D eigenvalue weighted by Gasteiger charge is 2.33. The molecule has 0 bridgehead atoms. The highest BCUT2D eigenvalue weighted by molar-refractivity contribution is 5.77. The average Bonchev–Trinajstić information content (AvgIpc) is 3.42. The molecule has 0 amide bonds. The van der Waals surface area contributed by atoms with Crippen molar-refractivity contribution < 1.29 is 8.78 Å². The smallest absolute Gasteiger partial charge is 0.276 e. The molecule has 1 atom stereocenters. The molecule has 1 aliphatic carbocycles. The summed E-state index contributed by atoms with van der Waals surface area (Å²) in [6.07, 6.45) is 6.92. The van der Waals surface area contributed by atoms with Crippen LogP contribution in [0.2, 0.25) is 0 Å². The van der Waals surface area contributed by atoms with Crippen LogP contribution in [0.15, 0.2) is 49.2 Å². The predicted octanol–water partition coefficient (Wildman–Crippen LogP) is 6.02. The van der Waals surface area contributed by atoms with E-state index in [0.717, 1.165) is 54.1 Å². The number of nitrogens with zero attached hydrogens (tertiary/aromatic N) is 3. The maximum atomic E-state index is 14.0. The van der Waals surface area contributed by atoms with Crippen LogP contribution in [-0.2, 0) is 5.92 Å². The lowest BCUT2D eigenvalue weighted by Gasteiger charge is -2.30. The van der Waals surface area contributed by atoms with E-state index < -0.39 is 5.92 Å². The summed E-state index contributed by atoms with van der Waals surface area (Å²) in [4.78, 5) is 3.26. The standard InChI is InChI=1S/C24H28F2N6/c1-3-13-24(25,26)17-6-10-19(11-7-17)29-18-8-4-16(5-9-18)21-22-20-12-14-27-23(20)28-15(2)32(22)31-30-21/h3,6-7,10-12,14-16,18,27-29H,1,4-5,8-9,13H2,2H3. The third-order valence-electron chi connectivity index (χ3n) is 6.64. The topological polar surface area (TPSA) is 70.6 Å². The number of aromatic amines is 1. The van der Waals surface area contributed by atoms with Crippen molar-refractivity contribution in [2.45, 2.75) is 63.1 Å². The summed E-state index contributed by atoms with van der Waals surface area (Å²) in [5.74, 6) is -1.49. The van der Waals surface area contributed by atoms with Crippen molar-refractivity contribution in [2.24, 2.45) is 0 Å². The number of fused-ring (bicyclic) bond motifs is 3. The highest BCUT2D eigenvalue weighted by Crippen LogP contribution is 2.42. The fraction of sp³-hybridized carbons (Fsp3) is 0.417. The van der Waals surface area contributed by atoms with E-state index in [1.54, 1.807) is 12.1 Å². The molecule has 0 radical (unpaired) electrons. The lowest BCUT2D eigenvalue weighted by molar-refractivity contribution is -0.000833. The summed E-state index contributed by atoms with van der Waals surface area (Å²) in [5, 5.41) is 15.9. The second-order valence-electron chi connectivity index (χ2n) is 8.82. The van der Waals surface area contributed by atoms with E-state index in [1.807, 2.05) is 10.9 Å². The largest absolute Gasteiger partial charge is 0.382 e. The van der Waals surface area contributed by atoms with Crippen molar-refractivity contribution in [3.05, 3.63) is 60.4 Å². The number of halogens is 2. The quantitative estimate of drug-likeness (QED) is 0.411. The molecule has 5 rings (SSSR count). The Bertz CT molecular complexity index is 1090. The van der Waals surface area contributed by atoms with Crippen LogP contribution in [-0.4, -0.2) is 26.0 Å². The number of anilines is 2. The normalized spacial score (nSPS) is 22.5. The first-order chi connectivity index (χ1) is 15.5. The summed E-state index contributed by atoms with van der Waals surface area (Å²) >= 11 is 0. The van der Waals surface area contributed by atoms with Crippen molar-refractivity contribution in [2.75, 3.05) is 10.6 Å². The van der Waals surface area contributed by atoms with Gasteiger partial charge in [-0.2, -0.15) is 0 Å². The molecule has 3 aromatic rings. The number of H-pyrrole nitrogens is 1. The maximum Gasteiger partial charge on any atom is 0.276 e. The van der Waals surface area contributed by atoms with Gasteiger partial charge in [-0.05, 0) is 50.8 Å². The molecular formula is C24H28F2N6. The second-order valence-corrected chi connectivity index (χ2v) is 8.82. The van der Waals surface area contributed by atoms with Crippen molar-refractivity contribution in [1.29, 1.82) is 0 Å². The van der Waals surface area contributed by atoms with Gasteiger partial charge in [0.1, 0.15) is 12.0 Å². The summed E-state index contributed by atoms with van der Waals surface area (Å²) in [6.45, 7) is 5.49. The van der Waals surface area contributed by atoms with Crippen LogP contribution >= 0.6 is 0 Å². The van der Waals surface area contributed by atoms with Crippen LogP contribution in [0.1, 0.15) is 62.4 Å². The fourth-order valence-electron chi connectivity index (χ4n) is 4.93. The first-order valence-corrected chi connectivity index (χ1v) is 11.2. The molecule has 1 unspecified atom stereocenters. The Hall–Kier alpha value is -3.16. The van der Waals surface area contributed by atoms with Gasteiger partial charge in [0.2, 0.25) is 0 Å². The molecule has 6 nitrogen and oxygen atoms in total. The van der Waals surface area contributed by atoms with Crippen molar-refractivity contribution >= 4 is 11.5 Å². The predicted molar refractivity (Wildman–Crippen MR) is 122 cm³/mol. The van der Waals surface area contributed by atoms with Gasteiger partial charge in [0, 0.05) is 41.4 Å². The number of aromatic nitrogens is 4. The molecule has 3 heterocycles. The van der Waals surface area contributed by atoms with E-state index >= 15 is 0 Å². The Balaban J connectivity index is 1.24. The minimum Gasteiger partial charge on any atom is -0.382 e. The zero-order valence-corrected chi connectivity index (χ0v) is 18.1. The molecule has 3 N–H and O–H groups in total. The molecule has 168 valence electrons. The first kappa shape index (κ1) is 20.7. The van der Waals surface area contributed by atoms with Gasteiger partial charge in [0.25, 0.3) is 5.92 Å². The molecule has 2 aliphatic rings. The number of nitrogens with one attached hydrogen (secondary N) is 3. The first-order valence-electron chi connectivity index (χ1n) is 11.2. The molecule has 1 fully saturated rings. The Morgan fingerprint density at radius 2 is 1.94 bits per heavy atom. The molecular weight excluding hydrogens is 410 g/mol. The highest BCUT2D eigenvalue weighted by atomic mass is 19.3. The SMILES string of the molecule is C=CCC(F)(F)c1ccc(NC2CCC(c3nnn4c3-c3cc[nH]c3NC4C)CC2)cc1. The molecule has 0 saturated heterocycles. The fourth-order valence-corrected chi connectivity index (χ4v) is 4.93. The number of hydrogen-bond donors (Lipinski definition) is 3. The molecule has 0 spiro atoms. The molecule has 8 heteroatoms. The Morgan fingerprint density at radius 1 is 1.19 bits per heavy atom. The van der Waals surface area contributed by atoms with Gasteiger partial charge in [0.15, 0.2) is 0 Å². The number of allylic oxidation sites excluding steroid dienone is 1. The van der Waals surface area contributed by atoms with Gasteiger partial charge in [-0.3, -0.25) is 0 Å². The molecule has 1 saturated carbocycles. The van der Waals surface area contributed by atoms with Crippen LogP contribution in [0, 0.1) is 0 Å². The van der Waals surface area contributed by atoms with E-state index in [9.17, 15) is 8.78 Å². The maximum absolute atomic E-state index is 14.0. The van der Waals surface area contributed by atoms with Crippen LogP contribution in [0.3, 0.4) is 0 Å². The third kappa shape index (κ3) is 3.67. The van der Waals surface area contributed by atoms with Gasteiger partial charge in [-0.15, -0.1) is 11.7 Å². The van der Waals surface area contributed by atoms with Crippen molar-refractivity contribution in [1.82, 2.24) is 20.0 Å². The van der Waals surface area contributed by atoms with Gasteiger partial charge >= 0.3 is 0 Å². The zero-order chi connectivity index (χ0) is 22.3. The van der Waals surface area contributed by atoms with Gasteiger partial charge in [-0.25, -0.2) is 13.5 Å². The molecule has 32 heavy (non-hydrogen) atoms. The Labute approximate surface area is 186 Å². The van der Waals surface area contributed by atoms with E-state index in [2.05, 4.69) is 45.5 Å². The van der Waals surface area contributed by atoms with Crippen molar-refractivity contribution in [3.8, 4) is 11.3 Å². The average molecular weight is 439 g/mol. The zero-order valence-electron chi connectivity index (χ0n) is 18.1. The third-order valence-corrected chi connectivity index (χ3v) is 6.64. The number of alkyl halides is 2. The Morgan fingerprint density at radius 3 is 2.66 bits per heavy atom. The second kappa shape index (κ2) is 8.07. The minimum atomic E-state index is -2.87.